The van der Waals surface area contributed by atoms with Gasteiger partial charge in [-0.2, -0.15) is 4.98 Å². The lowest BCUT2D eigenvalue weighted by Crippen LogP contribution is -2.35. The fraction of sp³-hybridized carbons (Fsp3) is 0.316. The molecule has 0 saturated heterocycles. The summed E-state index contributed by atoms with van der Waals surface area (Å²) in [5.74, 6) is 1.28. The molecule has 27 heavy (non-hydrogen) atoms. The van der Waals surface area contributed by atoms with Crippen LogP contribution in [0.3, 0.4) is 0 Å². The van der Waals surface area contributed by atoms with Gasteiger partial charge >= 0.3 is 6.09 Å². The summed E-state index contributed by atoms with van der Waals surface area (Å²) in [6.07, 6.45) is 2.43. The van der Waals surface area contributed by atoms with Crippen molar-refractivity contribution in [1.82, 2.24) is 15.5 Å². The second-order valence-corrected chi connectivity index (χ2v) is 6.82. The first-order valence-electron chi connectivity index (χ1n) is 8.35. The Morgan fingerprint density at radius 3 is 2.52 bits per heavy atom. The predicted octanol–water partition coefficient (Wildman–Crippen LogP) is 3.95. The fourth-order valence-corrected chi connectivity index (χ4v) is 2.37. The highest BCUT2D eigenvalue weighted by atomic mass is 16.6. The van der Waals surface area contributed by atoms with Crippen LogP contribution in [0.15, 0.2) is 51.8 Å². The zero-order valence-electron chi connectivity index (χ0n) is 15.6. The zero-order chi connectivity index (χ0) is 19.4. The van der Waals surface area contributed by atoms with E-state index in [2.05, 4.69) is 15.5 Å². The number of rotatable bonds is 5. The smallest absolute Gasteiger partial charge is 0.408 e. The number of nitrogens with zero attached hydrogens (tertiary/aromatic N) is 2. The Kier molecular flexibility index (Phi) is 5.16. The third-order valence-electron chi connectivity index (χ3n) is 3.58. The van der Waals surface area contributed by atoms with E-state index >= 15 is 0 Å². The number of carbonyl (C=O) groups is 1. The molecule has 0 fully saturated rings. The maximum absolute atomic E-state index is 12.3. The van der Waals surface area contributed by atoms with E-state index in [1.807, 2.05) is 12.1 Å². The molecule has 1 N–H and O–H groups in total. The van der Waals surface area contributed by atoms with Gasteiger partial charge in [0.15, 0.2) is 5.82 Å². The molecule has 0 aliphatic carbocycles. The van der Waals surface area contributed by atoms with E-state index in [0.29, 0.717) is 23.0 Å². The molecule has 142 valence electrons. The highest BCUT2D eigenvalue weighted by molar-refractivity contribution is 5.69. The number of methoxy groups -OCH3 is 1. The molecule has 2 heterocycles. The van der Waals surface area contributed by atoms with Crippen LogP contribution >= 0.6 is 0 Å². The average Bonchev–Trinajstić information content (AvgIpc) is 3.29. The van der Waals surface area contributed by atoms with E-state index in [4.69, 9.17) is 18.4 Å². The van der Waals surface area contributed by atoms with Crippen LogP contribution in [0.4, 0.5) is 4.79 Å². The molecule has 2 aromatic heterocycles. The lowest BCUT2D eigenvalue weighted by atomic mass is 10.1. The Morgan fingerprint density at radius 2 is 1.93 bits per heavy atom. The molecule has 3 rings (SSSR count). The van der Waals surface area contributed by atoms with Crippen LogP contribution in [0.1, 0.15) is 38.2 Å². The molecule has 8 heteroatoms. The number of nitrogens with one attached hydrogen (secondary N) is 1. The van der Waals surface area contributed by atoms with Crippen molar-refractivity contribution < 1.29 is 23.2 Å². The molecular weight excluding hydrogens is 350 g/mol. The van der Waals surface area contributed by atoms with Crippen LogP contribution in [0.25, 0.3) is 11.5 Å². The summed E-state index contributed by atoms with van der Waals surface area (Å²) in [6.45, 7) is 5.38. The van der Waals surface area contributed by atoms with Crippen molar-refractivity contribution in [1.29, 1.82) is 0 Å². The molecule has 1 aromatic carbocycles. The number of benzene rings is 1. The summed E-state index contributed by atoms with van der Waals surface area (Å²) in [6, 6.07) is 8.26. The van der Waals surface area contributed by atoms with E-state index in [9.17, 15) is 4.79 Å². The first-order chi connectivity index (χ1) is 12.9. The Bertz CT molecular complexity index is 879. The van der Waals surface area contributed by atoms with Crippen molar-refractivity contribution in [2.45, 2.75) is 32.4 Å². The van der Waals surface area contributed by atoms with Crippen molar-refractivity contribution in [2.75, 3.05) is 7.11 Å². The Morgan fingerprint density at radius 1 is 1.19 bits per heavy atom. The van der Waals surface area contributed by atoms with Crippen LogP contribution < -0.4 is 10.1 Å². The van der Waals surface area contributed by atoms with Crippen molar-refractivity contribution in [3.05, 3.63) is 54.2 Å². The van der Waals surface area contributed by atoms with E-state index < -0.39 is 17.7 Å². The van der Waals surface area contributed by atoms with Gasteiger partial charge in [-0.05, 0) is 44.5 Å². The fourth-order valence-electron chi connectivity index (χ4n) is 2.37. The lowest BCUT2D eigenvalue weighted by Gasteiger charge is -2.22. The first-order valence-corrected chi connectivity index (χ1v) is 8.35. The molecule has 8 nitrogen and oxygen atoms in total. The highest BCUT2D eigenvalue weighted by Crippen LogP contribution is 2.25. The molecule has 0 bridgehead atoms. The van der Waals surface area contributed by atoms with E-state index in [-0.39, 0.29) is 0 Å². The number of amides is 1. The van der Waals surface area contributed by atoms with Crippen LogP contribution in [0.2, 0.25) is 0 Å². The third kappa shape index (κ3) is 4.66. The van der Waals surface area contributed by atoms with E-state index in [1.54, 1.807) is 46.1 Å². The minimum atomic E-state index is -0.657. The predicted molar refractivity (Wildman–Crippen MR) is 96.2 cm³/mol. The van der Waals surface area contributed by atoms with Gasteiger partial charge in [0, 0.05) is 0 Å². The van der Waals surface area contributed by atoms with E-state index in [0.717, 1.165) is 5.56 Å². The Balaban J connectivity index is 1.90. The van der Waals surface area contributed by atoms with Crippen LogP contribution in [-0.2, 0) is 4.74 Å². The quantitative estimate of drug-likeness (QED) is 0.725. The first kappa shape index (κ1) is 18.5. The van der Waals surface area contributed by atoms with Gasteiger partial charge in [0.05, 0.1) is 18.9 Å². The largest absolute Gasteiger partial charge is 0.497 e. The van der Waals surface area contributed by atoms with Crippen molar-refractivity contribution >= 4 is 6.09 Å². The summed E-state index contributed by atoms with van der Waals surface area (Å²) in [7, 11) is 1.59. The summed E-state index contributed by atoms with van der Waals surface area (Å²) in [5.41, 5.74) is 0.772. The number of hydrogen-bond donors (Lipinski definition) is 1. The molecule has 0 aliphatic heterocycles. The molecule has 1 unspecified atom stereocenters. The molecule has 0 aliphatic rings. The lowest BCUT2D eigenvalue weighted by molar-refractivity contribution is 0.0510. The SMILES string of the molecule is COc1ccc(C(NC(=O)OC(C)(C)C)c2noc(-c3ccoc3)n2)cc1. The Labute approximate surface area is 156 Å². The van der Waals surface area contributed by atoms with Gasteiger partial charge in [-0.3, -0.25) is 0 Å². The molecule has 1 amide bonds. The standard InChI is InChI=1S/C19H21N3O5/c1-19(2,3)26-18(23)20-15(12-5-7-14(24-4)8-6-12)16-21-17(27-22-16)13-9-10-25-11-13/h5-11,15H,1-4H3,(H,20,23). The molecule has 1 atom stereocenters. The zero-order valence-corrected chi connectivity index (χ0v) is 15.6. The number of furan rings is 1. The van der Waals surface area contributed by atoms with Crippen LogP contribution in [-0.4, -0.2) is 28.9 Å². The van der Waals surface area contributed by atoms with Gasteiger partial charge in [-0.1, -0.05) is 17.3 Å². The van der Waals surface area contributed by atoms with Crippen molar-refractivity contribution in [3.8, 4) is 17.2 Å². The van der Waals surface area contributed by atoms with E-state index in [1.165, 1.54) is 12.5 Å². The van der Waals surface area contributed by atoms with Gasteiger partial charge in [0.1, 0.15) is 23.7 Å². The number of hydrogen-bond acceptors (Lipinski definition) is 7. The van der Waals surface area contributed by atoms with Gasteiger partial charge in [0.25, 0.3) is 5.89 Å². The molecule has 3 aromatic rings. The highest BCUT2D eigenvalue weighted by Gasteiger charge is 2.26. The third-order valence-corrected chi connectivity index (χ3v) is 3.58. The second-order valence-electron chi connectivity index (χ2n) is 6.82. The van der Waals surface area contributed by atoms with Crippen LogP contribution in [0.5, 0.6) is 5.75 Å². The maximum Gasteiger partial charge on any atom is 0.408 e. The van der Waals surface area contributed by atoms with Gasteiger partial charge in [0.2, 0.25) is 0 Å². The minimum absolute atomic E-state index is 0.294. The maximum atomic E-state index is 12.3. The topological polar surface area (TPSA) is 99.6 Å². The number of aromatic nitrogens is 2. The normalized spacial score (nSPS) is 12.4. The number of carbonyl (C=O) groups excluding carboxylic acids is 1. The summed E-state index contributed by atoms with van der Waals surface area (Å²) < 4.78 is 20.9. The average molecular weight is 371 g/mol. The summed E-state index contributed by atoms with van der Waals surface area (Å²) >= 11 is 0. The molecule has 0 radical (unpaired) electrons. The second kappa shape index (κ2) is 7.53. The van der Waals surface area contributed by atoms with Crippen LogP contribution in [0, 0.1) is 0 Å². The van der Waals surface area contributed by atoms with Gasteiger partial charge in [-0.15, -0.1) is 0 Å². The van der Waals surface area contributed by atoms with Gasteiger partial charge in [-0.25, -0.2) is 4.79 Å². The van der Waals surface area contributed by atoms with Crippen molar-refractivity contribution in [2.24, 2.45) is 0 Å². The molecule has 0 saturated carbocycles. The summed E-state index contributed by atoms with van der Waals surface area (Å²) in [5, 5.41) is 6.80. The molecular formula is C19H21N3O5. The minimum Gasteiger partial charge on any atom is -0.497 e. The molecule has 0 spiro atoms. The number of alkyl carbamates (subject to hydrolysis) is 1. The van der Waals surface area contributed by atoms with Crippen molar-refractivity contribution in [3.63, 3.8) is 0 Å². The van der Waals surface area contributed by atoms with Gasteiger partial charge < -0.3 is 23.7 Å². The number of ether oxygens (including phenoxy) is 2. The monoisotopic (exact) mass is 371 g/mol. The Hall–Kier alpha value is -3.29. The summed E-state index contributed by atoms with van der Waals surface area (Å²) in [4.78, 5) is 16.7.